The highest BCUT2D eigenvalue weighted by Crippen LogP contribution is 2.38. The molecule has 0 aromatic heterocycles. The van der Waals surface area contributed by atoms with Crippen molar-refractivity contribution < 1.29 is 14.2 Å². The molecule has 0 heterocycles. The molecule has 0 aliphatic rings. The Labute approximate surface area is 83.4 Å². The largest absolute Gasteiger partial charge is 0.504 e. The quantitative estimate of drug-likeness (QED) is 0.840. The van der Waals surface area contributed by atoms with Crippen LogP contribution in [0.4, 0.5) is 4.39 Å². The van der Waals surface area contributed by atoms with Gasteiger partial charge in [0.05, 0.1) is 7.11 Å². The maximum absolute atomic E-state index is 13.0. The van der Waals surface area contributed by atoms with E-state index in [2.05, 4.69) is 15.9 Å². The van der Waals surface area contributed by atoms with Gasteiger partial charge in [-0.1, -0.05) is 0 Å². The third-order valence-corrected chi connectivity index (χ3v) is 2.39. The van der Waals surface area contributed by atoms with Crippen LogP contribution in [0.3, 0.4) is 0 Å². The molecule has 0 saturated carbocycles. The van der Waals surface area contributed by atoms with Crippen LogP contribution < -0.4 is 10.5 Å². The lowest BCUT2D eigenvalue weighted by Crippen LogP contribution is -2.01. The minimum Gasteiger partial charge on any atom is -0.504 e. The molecular weight excluding hydrogens is 241 g/mol. The smallest absolute Gasteiger partial charge is 0.169 e. The highest BCUT2D eigenvalue weighted by atomic mass is 79.9. The second-order valence-corrected chi connectivity index (χ2v) is 3.21. The fourth-order valence-electron chi connectivity index (χ4n) is 1.01. The summed E-state index contributed by atoms with van der Waals surface area (Å²) < 4.78 is 18.1. The number of hydrogen-bond donors (Lipinski definition) is 2. The van der Waals surface area contributed by atoms with E-state index >= 15 is 0 Å². The van der Waals surface area contributed by atoms with Gasteiger partial charge in [-0.15, -0.1) is 0 Å². The van der Waals surface area contributed by atoms with Crippen molar-refractivity contribution in [1.29, 1.82) is 0 Å². The lowest BCUT2D eigenvalue weighted by Gasteiger charge is -2.10. The zero-order chi connectivity index (χ0) is 10.0. The average Bonchev–Trinajstić information content (AvgIpc) is 2.13. The van der Waals surface area contributed by atoms with E-state index in [1.54, 1.807) is 0 Å². The molecule has 3 nitrogen and oxygen atoms in total. The maximum Gasteiger partial charge on any atom is 0.169 e. The Balaban J connectivity index is 3.39. The van der Waals surface area contributed by atoms with Gasteiger partial charge in [-0.25, -0.2) is 4.39 Å². The molecule has 1 rings (SSSR count). The number of rotatable bonds is 2. The van der Waals surface area contributed by atoms with E-state index in [0.717, 1.165) is 6.07 Å². The van der Waals surface area contributed by atoms with Crippen molar-refractivity contribution in [3.63, 3.8) is 0 Å². The van der Waals surface area contributed by atoms with Crippen LogP contribution in [0.2, 0.25) is 0 Å². The molecular formula is C8H9BrFNO2. The molecule has 0 aliphatic heterocycles. The molecule has 72 valence electrons. The van der Waals surface area contributed by atoms with Crippen LogP contribution in [0.15, 0.2) is 10.5 Å². The first-order valence-electron chi connectivity index (χ1n) is 3.55. The topological polar surface area (TPSA) is 55.5 Å². The van der Waals surface area contributed by atoms with Crippen molar-refractivity contribution in [3.8, 4) is 11.5 Å². The van der Waals surface area contributed by atoms with Crippen LogP contribution in [0.5, 0.6) is 11.5 Å². The number of phenols is 1. The number of phenolic OH excluding ortho intramolecular Hbond substituents is 1. The van der Waals surface area contributed by atoms with Crippen molar-refractivity contribution >= 4 is 15.9 Å². The van der Waals surface area contributed by atoms with E-state index in [0.29, 0.717) is 11.3 Å². The summed E-state index contributed by atoms with van der Waals surface area (Å²) in [6.45, 7) is 0.152. The lowest BCUT2D eigenvalue weighted by atomic mass is 10.2. The van der Waals surface area contributed by atoms with Crippen molar-refractivity contribution in [2.24, 2.45) is 5.73 Å². The van der Waals surface area contributed by atoms with E-state index in [4.69, 9.17) is 10.5 Å². The summed E-state index contributed by atoms with van der Waals surface area (Å²) >= 11 is 3.01. The fourth-order valence-corrected chi connectivity index (χ4v) is 1.62. The SMILES string of the molecule is COc1c(CN)cc(F)c(O)c1Br. The first-order chi connectivity index (χ1) is 6.11. The van der Waals surface area contributed by atoms with Gasteiger partial charge in [-0.05, 0) is 22.0 Å². The Bertz CT molecular complexity index is 330. The molecule has 0 radical (unpaired) electrons. The van der Waals surface area contributed by atoms with Crippen molar-refractivity contribution in [2.75, 3.05) is 7.11 Å². The van der Waals surface area contributed by atoms with Gasteiger partial charge in [0.1, 0.15) is 10.2 Å². The predicted octanol–water partition coefficient (Wildman–Crippen LogP) is 1.76. The van der Waals surface area contributed by atoms with Crippen LogP contribution in [0, 0.1) is 5.82 Å². The van der Waals surface area contributed by atoms with E-state index in [1.165, 1.54) is 7.11 Å². The molecule has 1 aromatic carbocycles. The molecule has 0 bridgehead atoms. The third-order valence-electron chi connectivity index (χ3n) is 1.65. The molecule has 0 atom stereocenters. The monoisotopic (exact) mass is 249 g/mol. The van der Waals surface area contributed by atoms with E-state index in [-0.39, 0.29) is 11.0 Å². The average molecular weight is 250 g/mol. The number of ether oxygens (including phenoxy) is 1. The highest BCUT2D eigenvalue weighted by Gasteiger charge is 2.15. The Morgan fingerprint density at radius 3 is 2.77 bits per heavy atom. The number of hydrogen-bond acceptors (Lipinski definition) is 3. The molecule has 13 heavy (non-hydrogen) atoms. The molecule has 0 fully saturated rings. The summed E-state index contributed by atoms with van der Waals surface area (Å²) in [6.07, 6.45) is 0. The normalized spacial score (nSPS) is 10.2. The Kier molecular flexibility index (Phi) is 3.11. The minimum absolute atomic E-state index is 0.152. The van der Waals surface area contributed by atoms with Crippen LogP contribution in [0.1, 0.15) is 5.56 Å². The third kappa shape index (κ3) is 1.76. The van der Waals surface area contributed by atoms with Crippen LogP contribution in [-0.4, -0.2) is 12.2 Å². The summed E-state index contributed by atoms with van der Waals surface area (Å²) in [5.41, 5.74) is 5.87. The number of nitrogens with two attached hydrogens (primary N) is 1. The fraction of sp³-hybridized carbons (Fsp3) is 0.250. The van der Waals surface area contributed by atoms with Crippen LogP contribution in [-0.2, 0) is 6.54 Å². The van der Waals surface area contributed by atoms with Gasteiger partial charge < -0.3 is 15.6 Å². The zero-order valence-corrected chi connectivity index (χ0v) is 8.56. The van der Waals surface area contributed by atoms with E-state index < -0.39 is 11.6 Å². The van der Waals surface area contributed by atoms with Crippen LogP contribution >= 0.6 is 15.9 Å². The molecule has 0 saturated heterocycles. The van der Waals surface area contributed by atoms with Gasteiger partial charge in [0.2, 0.25) is 0 Å². The summed E-state index contributed by atoms with van der Waals surface area (Å²) in [5.74, 6) is -0.816. The van der Waals surface area contributed by atoms with E-state index in [9.17, 15) is 9.50 Å². The summed E-state index contributed by atoms with van der Waals surface area (Å²) in [5, 5.41) is 9.20. The van der Waals surface area contributed by atoms with E-state index in [1.807, 2.05) is 0 Å². The molecule has 0 unspecified atom stereocenters. The predicted molar refractivity (Wildman–Crippen MR) is 50.2 cm³/mol. The standard InChI is InChI=1S/C8H9BrFNO2/c1-13-8-4(3-11)2-5(10)7(12)6(8)9/h2,12H,3,11H2,1H3. The highest BCUT2D eigenvalue weighted by molar-refractivity contribution is 9.10. The Morgan fingerprint density at radius 2 is 2.31 bits per heavy atom. The molecule has 0 amide bonds. The van der Waals surface area contributed by atoms with Gasteiger partial charge in [0.25, 0.3) is 0 Å². The number of halogens is 2. The van der Waals surface area contributed by atoms with Crippen molar-refractivity contribution in [3.05, 3.63) is 21.9 Å². The van der Waals surface area contributed by atoms with Crippen LogP contribution in [0.25, 0.3) is 0 Å². The maximum atomic E-state index is 13.0. The Morgan fingerprint density at radius 1 is 1.69 bits per heavy atom. The second-order valence-electron chi connectivity index (χ2n) is 2.42. The van der Waals surface area contributed by atoms with Gasteiger partial charge in [0, 0.05) is 12.1 Å². The second kappa shape index (κ2) is 3.93. The molecule has 5 heteroatoms. The first kappa shape index (κ1) is 10.3. The van der Waals surface area contributed by atoms with Gasteiger partial charge in [-0.3, -0.25) is 0 Å². The van der Waals surface area contributed by atoms with Gasteiger partial charge in [0.15, 0.2) is 11.6 Å². The lowest BCUT2D eigenvalue weighted by molar-refractivity contribution is 0.387. The Hall–Kier alpha value is -0.810. The minimum atomic E-state index is -0.715. The number of benzene rings is 1. The molecule has 3 N–H and O–H groups in total. The van der Waals surface area contributed by atoms with Crippen molar-refractivity contribution in [1.82, 2.24) is 0 Å². The first-order valence-corrected chi connectivity index (χ1v) is 4.35. The zero-order valence-electron chi connectivity index (χ0n) is 6.97. The molecule has 0 spiro atoms. The summed E-state index contributed by atoms with van der Waals surface area (Å²) in [7, 11) is 1.43. The summed E-state index contributed by atoms with van der Waals surface area (Å²) in [4.78, 5) is 0. The summed E-state index contributed by atoms with van der Waals surface area (Å²) in [6, 6.07) is 1.15. The number of methoxy groups -OCH3 is 1. The van der Waals surface area contributed by atoms with Gasteiger partial charge >= 0.3 is 0 Å². The molecule has 1 aromatic rings. The number of aromatic hydroxyl groups is 1. The van der Waals surface area contributed by atoms with Crippen molar-refractivity contribution in [2.45, 2.75) is 6.54 Å². The molecule has 0 aliphatic carbocycles. The van der Waals surface area contributed by atoms with Gasteiger partial charge in [-0.2, -0.15) is 0 Å².